The summed E-state index contributed by atoms with van der Waals surface area (Å²) in [6.07, 6.45) is 0. The third-order valence-electron chi connectivity index (χ3n) is 0. The van der Waals surface area contributed by atoms with E-state index >= 15 is 0 Å². The van der Waals surface area contributed by atoms with Crippen molar-refractivity contribution < 1.29 is 42.7 Å². The molecule has 5 heteroatoms. The van der Waals surface area contributed by atoms with E-state index in [1.54, 1.807) is 0 Å². The zero-order chi connectivity index (χ0) is 3.58. The summed E-state index contributed by atoms with van der Waals surface area (Å²) in [4.78, 5) is 0. The molecule has 0 aliphatic rings. The van der Waals surface area contributed by atoms with Crippen LogP contribution in [0.4, 0.5) is 0 Å². The van der Waals surface area contributed by atoms with Crippen molar-refractivity contribution in [1.82, 2.24) is 0 Å². The monoisotopic (exact) mass is 152 g/mol. The van der Waals surface area contributed by atoms with Gasteiger partial charge in [-0.3, -0.25) is 0 Å². The first kappa shape index (κ1) is 9.07. The number of hydrogen-bond donors (Lipinski definition) is 0. The molecule has 0 aromatic rings. The predicted octanol–water partition coefficient (Wildman–Crippen LogP) is -0.361. The Morgan fingerprint density at radius 3 is 1.00 bits per heavy atom. The van der Waals surface area contributed by atoms with Crippen molar-refractivity contribution in [2.75, 3.05) is 0 Å². The number of hydrogen-bond acceptors (Lipinski definition) is 3. The first-order valence-electron chi connectivity index (χ1n) is 0.500. The minimum absolute atomic E-state index is 0. The van der Waals surface area contributed by atoms with Crippen molar-refractivity contribution in [2.45, 2.75) is 0 Å². The first-order chi connectivity index (χ1) is 1.73. The van der Waals surface area contributed by atoms with E-state index in [0.29, 0.717) is 0 Å². The quantitative estimate of drug-likeness (QED) is 0.476. The molecular weight excluding hydrogens is 152 g/mol. The van der Waals surface area contributed by atoms with E-state index in [0.717, 1.165) is 0 Å². The van der Waals surface area contributed by atoms with Crippen LogP contribution in [0.15, 0.2) is 0 Å². The average Bonchev–Trinajstić information content (AvgIpc) is 0.811. The summed E-state index contributed by atoms with van der Waals surface area (Å²) in [5, 5.41) is 0. The Morgan fingerprint density at radius 2 is 1.00 bits per heavy atom. The van der Waals surface area contributed by atoms with Gasteiger partial charge in [-0.25, -0.2) is 0 Å². The number of rotatable bonds is 0. The van der Waals surface area contributed by atoms with E-state index in [1.165, 1.54) is 0 Å². The Bertz CT molecular complexity index is 74.3. The summed E-state index contributed by atoms with van der Waals surface area (Å²) in [7, 11) is 0. The van der Waals surface area contributed by atoms with Crippen molar-refractivity contribution in [3.63, 3.8) is 0 Å². The Hall–Kier alpha value is 0.465. The van der Waals surface area contributed by atoms with E-state index < -0.39 is 14.0 Å². The second-order valence-electron chi connectivity index (χ2n) is 0.204. The SMILES string of the molecule is [Cr].[O]=[Cr](=[O])=[O]. The molecule has 3 nitrogen and oxygen atoms in total. The van der Waals surface area contributed by atoms with Crippen LogP contribution in [0.2, 0.25) is 0 Å². The molecule has 0 bridgehead atoms. The molecule has 0 aromatic carbocycles. The fourth-order valence-corrected chi connectivity index (χ4v) is 0. The van der Waals surface area contributed by atoms with Crippen LogP contribution in [0.5, 0.6) is 0 Å². The van der Waals surface area contributed by atoms with Crippen molar-refractivity contribution in [2.24, 2.45) is 0 Å². The molecule has 0 spiro atoms. The van der Waals surface area contributed by atoms with Gasteiger partial charge in [-0.2, -0.15) is 0 Å². The normalized spacial score (nSPS) is 4.80. The van der Waals surface area contributed by atoms with Crippen LogP contribution in [0.3, 0.4) is 0 Å². The molecule has 0 aliphatic heterocycles. The summed E-state index contributed by atoms with van der Waals surface area (Å²) in [6.45, 7) is 0. The van der Waals surface area contributed by atoms with E-state index in [9.17, 15) is 0 Å². The molecule has 0 fully saturated rings. The fraction of sp³-hybridized carbons (Fsp3) is 0. The average molecular weight is 152 g/mol. The molecule has 0 heterocycles. The zero-order valence-corrected chi connectivity index (χ0v) is 4.59. The van der Waals surface area contributed by atoms with E-state index in [4.69, 9.17) is 11.4 Å². The van der Waals surface area contributed by atoms with Crippen molar-refractivity contribution in [3.05, 3.63) is 0 Å². The molecule has 0 radical (unpaired) electrons. The second kappa shape index (κ2) is 4.46. The molecule has 30 valence electrons. The van der Waals surface area contributed by atoms with Gasteiger partial charge in [0.1, 0.15) is 0 Å². The summed E-state index contributed by atoms with van der Waals surface area (Å²) in [6, 6.07) is 0. The van der Waals surface area contributed by atoms with Gasteiger partial charge in [-0.15, -0.1) is 0 Å². The molecule has 0 amide bonds. The molecule has 0 atom stereocenters. The van der Waals surface area contributed by atoms with Gasteiger partial charge in [0.25, 0.3) is 0 Å². The Labute approximate surface area is 43.1 Å². The van der Waals surface area contributed by atoms with Crippen LogP contribution in [0.25, 0.3) is 0 Å². The third-order valence-corrected chi connectivity index (χ3v) is 0. The van der Waals surface area contributed by atoms with Gasteiger partial charge in [-0.05, 0) is 0 Å². The fourth-order valence-electron chi connectivity index (χ4n) is 0. The zero-order valence-electron chi connectivity index (χ0n) is 2.04. The van der Waals surface area contributed by atoms with E-state index in [-0.39, 0.29) is 17.4 Å². The molecule has 5 heavy (non-hydrogen) atoms. The van der Waals surface area contributed by atoms with Gasteiger partial charge in [0.05, 0.1) is 0 Å². The molecule has 0 rings (SSSR count). The predicted molar refractivity (Wildman–Crippen MR) is 2.06 cm³/mol. The first-order valence-corrected chi connectivity index (χ1v) is 2.06. The van der Waals surface area contributed by atoms with Crippen LogP contribution < -0.4 is 0 Å². The topological polar surface area (TPSA) is 51.2 Å². The Kier molecular flexibility index (Phi) is 8.10. The maximum absolute atomic E-state index is 8.54. The van der Waals surface area contributed by atoms with Crippen LogP contribution in [0.1, 0.15) is 0 Å². The third kappa shape index (κ3) is 125. The van der Waals surface area contributed by atoms with E-state index in [1.807, 2.05) is 0 Å². The molecular formula is Cr2O3. The molecule has 0 saturated heterocycles. The Morgan fingerprint density at radius 1 is 1.00 bits per heavy atom. The molecule has 0 unspecified atom stereocenters. The standard InChI is InChI=1S/2Cr.3O. The van der Waals surface area contributed by atoms with Gasteiger partial charge in [-0.1, -0.05) is 0 Å². The van der Waals surface area contributed by atoms with Crippen molar-refractivity contribution in [1.29, 1.82) is 0 Å². The van der Waals surface area contributed by atoms with E-state index in [2.05, 4.69) is 0 Å². The van der Waals surface area contributed by atoms with Crippen molar-refractivity contribution >= 4 is 0 Å². The summed E-state index contributed by atoms with van der Waals surface area (Å²) < 4.78 is 25.6. The molecule has 0 aliphatic carbocycles. The second-order valence-corrected chi connectivity index (χ2v) is 0.842. The molecule has 0 aromatic heterocycles. The minimum atomic E-state index is -3.79. The molecule has 0 saturated carbocycles. The maximum atomic E-state index is 8.54. The molecule has 0 N–H and O–H groups in total. The summed E-state index contributed by atoms with van der Waals surface area (Å²) >= 11 is -3.79. The van der Waals surface area contributed by atoms with Gasteiger partial charge >= 0.3 is 25.4 Å². The van der Waals surface area contributed by atoms with Gasteiger partial charge in [0.2, 0.25) is 0 Å². The van der Waals surface area contributed by atoms with Gasteiger partial charge in [0, 0.05) is 17.4 Å². The van der Waals surface area contributed by atoms with Crippen LogP contribution in [-0.2, 0) is 42.7 Å². The summed E-state index contributed by atoms with van der Waals surface area (Å²) in [5.74, 6) is 0. The Balaban J connectivity index is 0. The van der Waals surface area contributed by atoms with Gasteiger partial charge in [0.15, 0.2) is 0 Å². The van der Waals surface area contributed by atoms with Crippen molar-refractivity contribution in [3.8, 4) is 0 Å². The van der Waals surface area contributed by atoms with Crippen LogP contribution in [0, 0.1) is 0 Å². The van der Waals surface area contributed by atoms with Crippen LogP contribution >= 0.6 is 0 Å². The summed E-state index contributed by atoms with van der Waals surface area (Å²) in [5.41, 5.74) is 0. The van der Waals surface area contributed by atoms with Crippen LogP contribution in [-0.4, -0.2) is 0 Å². The van der Waals surface area contributed by atoms with Gasteiger partial charge < -0.3 is 0 Å².